The lowest BCUT2D eigenvalue weighted by molar-refractivity contribution is 0.112. The molecule has 0 aromatic carbocycles. The predicted molar refractivity (Wildman–Crippen MR) is 68.1 cm³/mol. The van der Waals surface area contributed by atoms with Gasteiger partial charge in [0, 0.05) is 30.6 Å². The molecule has 1 fully saturated rings. The maximum atomic E-state index is 9.91. The topological polar surface area (TPSA) is 26.7 Å². The summed E-state index contributed by atoms with van der Waals surface area (Å²) in [4.78, 5) is 5.63. The average molecular weight is 261 g/mol. The summed E-state index contributed by atoms with van der Waals surface area (Å²) in [6.45, 7) is 2.56. The van der Waals surface area contributed by atoms with Crippen LogP contribution < -0.4 is 0 Å². The van der Waals surface area contributed by atoms with Crippen LogP contribution in [0.4, 0.5) is 0 Å². The summed E-state index contributed by atoms with van der Waals surface area (Å²) in [5.41, 5.74) is 0. The molecule has 0 saturated carbocycles. The van der Waals surface area contributed by atoms with Crippen LogP contribution in [0.25, 0.3) is 0 Å². The van der Waals surface area contributed by atoms with Gasteiger partial charge in [0.25, 0.3) is 0 Å². The first-order valence-corrected chi connectivity index (χ1v) is 6.57. The van der Waals surface area contributed by atoms with Crippen molar-refractivity contribution in [1.82, 2.24) is 9.80 Å². The van der Waals surface area contributed by atoms with E-state index in [9.17, 15) is 5.11 Å². The number of β-amino-alcohol motifs (C(OH)–C–C–N with tert-alkyl or cyclic N) is 1. The van der Waals surface area contributed by atoms with Gasteiger partial charge in [0.05, 0.1) is 10.4 Å². The highest BCUT2D eigenvalue weighted by molar-refractivity contribution is 7.16. The first-order chi connectivity index (χ1) is 7.56. The van der Waals surface area contributed by atoms with Gasteiger partial charge >= 0.3 is 0 Å². The molecule has 1 aromatic heterocycles. The van der Waals surface area contributed by atoms with Gasteiger partial charge < -0.3 is 10.0 Å². The zero-order chi connectivity index (χ0) is 11.7. The summed E-state index contributed by atoms with van der Waals surface area (Å²) in [5, 5.41) is 9.91. The Hall–Kier alpha value is -0.130. The normalized spacial score (nSPS) is 26.8. The number of hydrogen-bond donors (Lipinski definition) is 1. The first kappa shape index (κ1) is 12.3. The van der Waals surface area contributed by atoms with Gasteiger partial charge in [-0.05, 0) is 26.2 Å². The zero-order valence-electron chi connectivity index (χ0n) is 9.56. The molecule has 1 saturated heterocycles. The van der Waals surface area contributed by atoms with Gasteiger partial charge in [-0.25, -0.2) is 0 Å². The van der Waals surface area contributed by atoms with Crippen molar-refractivity contribution in [1.29, 1.82) is 0 Å². The number of halogens is 1. The molecule has 90 valence electrons. The standard InChI is InChI=1S/C11H17ClN2OS/c1-13(2)9-6-14(7-10(9)15)5-8-3-4-11(12)16-8/h3-4,9-10,15H,5-7H2,1-2H3/t9-,10-/m0/s1. The van der Waals surface area contributed by atoms with Crippen molar-refractivity contribution in [3.05, 3.63) is 21.3 Å². The van der Waals surface area contributed by atoms with Crippen LogP contribution in [0, 0.1) is 0 Å². The van der Waals surface area contributed by atoms with Crippen LogP contribution in [0.3, 0.4) is 0 Å². The van der Waals surface area contributed by atoms with E-state index < -0.39 is 0 Å². The monoisotopic (exact) mass is 260 g/mol. The Labute approximate surface area is 105 Å². The molecule has 0 spiro atoms. The van der Waals surface area contributed by atoms with E-state index >= 15 is 0 Å². The summed E-state index contributed by atoms with van der Waals surface area (Å²) < 4.78 is 0.832. The van der Waals surface area contributed by atoms with Crippen LogP contribution in [0.5, 0.6) is 0 Å². The third kappa shape index (κ3) is 2.76. The summed E-state index contributed by atoms with van der Waals surface area (Å²) in [6, 6.07) is 4.23. The highest BCUT2D eigenvalue weighted by Crippen LogP contribution is 2.24. The third-order valence-corrected chi connectivity index (χ3v) is 4.22. The van der Waals surface area contributed by atoms with Gasteiger partial charge in [0.1, 0.15) is 0 Å². The molecule has 3 nitrogen and oxygen atoms in total. The molecule has 2 rings (SSSR count). The highest BCUT2D eigenvalue weighted by atomic mass is 35.5. The average Bonchev–Trinajstić information content (AvgIpc) is 2.73. The van der Waals surface area contributed by atoms with Crippen molar-refractivity contribution in [3.8, 4) is 0 Å². The summed E-state index contributed by atoms with van der Waals surface area (Å²) in [6.07, 6.45) is -0.245. The van der Waals surface area contributed by atoms with E-state index in [0.717, 1.165) is 24.0 Å². The second kappa shape index (κ2) is 5.02. The van der Waals surface area contributed by atoms with E-state index in [0.29, 0.717) is 0 Å². The Balaban J connectivity index is 1.93. The molecule has 1 aliphatic rings. The van der Waals surface area contributed by atoms with Crippen LogP contribution in [-0.4, -0.2) is 54.2 Å². The van der Waals surface area contributed by atoms with E-state index in [1.807, 2.05) is 20.2 Å². The van der Waals surface area contributed by atoms with Crippen LogP contribution in [0.15, 0.2) is 12.1 Å². The molecule has 2 atom stereocenters. The summed E-state index contributed by atoms with van der Waals surface area (Å²) >= 11 is 7.51. The molecule has 0 amide bonds. The van der Waals surface area contributed by atoms with E-state index in [1.54, 1.807) is 11.3 Å². The predicted octanol–water partition coefficient (Wildman–Crippen LogP) is 1.51. The van der Waals surface area contributed by atoms with Gasteiger partial charge in [-0.1, -0.05) is 11.6 Å². The number of likely N-dealkylation sites (N-methyl/N-ethyl adjacent to an activating group) is 1. The number of aliphatic hydroxyl groups excluding tert-OH is 1. The maximum absolute atomic E-state index is 9.91. The van der Waals surface area contributed by atoms with Crippen molar-refractivity contribution in [2.75, 3.05) is 27.2 Å². The number of hydrogen-bond acceptors (Lipinski definition) is 4. The number of nitrogens with zero attached hydrogens (tertiary/aromatic N) is 2. The fourth-order valence-electron chi connectivity index (χ4n) is 2.14. The number of rotatable bonds is 3. The fraction of sp³-hybridized carbons (Fsp3) is 0.636. The Morgan fingerprint density at radius 2 is 2.25 bits per heavy atom. The Kier molecular flexibility index (Phi) is 3.87. The minimum atomic E-state index is -0.245. The molecule has 0 unspecified atom stereocenters. The second-order valence-corrected chi connectivity index (χ2v) is 6.30. The van der Waals surface area contributed by atoms with E-state index in [1.165, 1.54) is 4.88 Å². The zero-order valence-corrected chi connectivity index (χ0v) is 11.1. The van der Waals surface area contributed by atoms with Crippen molar-refractivity contribution < 1.29 is 5.11 Å². The number of aliphatic hydroxyl groups is 1. The number of likely N-dealkylation sites (tertiary alicyclic amines) is 1. The molecule has 16 heavy (non-hydrogen) atoms. The minimum Gasteiger partial charge on any atom is -0.390 e. The first-order valence-electron chi connectivity index (χ1n) is 5.37. The maximum Gasteiger partial charge on any atom is 0.0931 e. The fourth-order valence-corrected chi connectivity index (χ4v) is 3.27. The molecule has 1 N–H and O–H groups in total. The molecule has 1 aliphatic heterocycles. The molecular weight excluding hydrogens is 244 g/mol. The summed E-state index contributed by atoms with van der Waals surface area (Å²) in [7, 11) is 4.03. The highest BCUT2D eigenvalue weighted by Gasteiger charge is 2.32. The molecule has 5 heteroatoms. The van der Waals surface area contributed by atoms with E-state index in [4.69, 9.17) is 11.6 Å². The van der Waals surface area contributed by atoms with Crippen molar-refractivity contribution >= 4 is 22.9 Å². The Morgan fingerprint density at radius 3 is 2.75 bits per heavy atom. The van der Waals surface area contributed by atoms with E-state index in [-0.39, 0.29) is 12.1 Å². The van der Waals surface area contributed by atoms with Crippen LogP contribution in [0.2, 0.25) is 4.34 Å². The second-order valence-electron chi connectivity index (χ2n) is 4.50. The lowest BCUT2D eigenvalue weighted by Gasteiger charge is -2.21. The molecule has 2 heterocycles. The molecule has 1 aromatic rings. The van der Waals surface area contributed by atoms with Crippen molar-refractivity contribution in [2.24, 2.45) is 0 Å². The van der Waals surface area contributed by atoms with Gasteiger partial charge in [-0.15, -0.1) is 11.3 Å². The van der Waals surface area contributed by atoms with Crippen molar-refractivity contribution in [2.45, 2.75) is 18.7 Å². The third-order valence-electron chi connectivity index (χ3n) is 3.01. The van der Waals surface area contributed by atoms with Crippen molar-refractivity contribution in [3.63, 3.8) is 0 Å². The molecule has 0 bridgehead atoms. The number of thiophene rings is 1. The largest absolute Gasteiger partial charge is 0.390 e. The van der Waals surface area contributed by atoms with Gasteiger partial charge in [-0.3, -0.25) is 4.90 Å². The van der Waals surface area contributed by atoms with Crippen LogP contribution in [0.1, 0.15) is 4.88 Å². The van der Waals surface area contributed by atoms with Gasteiger partial charge in [0.2, 0.25) is 0 Å². The van der Waals surface area contributed by atoms with Gasteiger partial charge in [0.15, 0.2) is 0 Å². The SMILES string of the molecule is CN(C)[C@H]1CN(Cc2ccc(Cl)s2)C[C@@H]1O. The smallest absolute Gasteiger partial charge is 0.0931 e. The quantitative estimate of drug-likeness (QED) is 0.893. The molecule has 0 radical (unpaired) electrons. The molecular formula is C11H17ClN2OS. The summed E-state index contributed by atoms with van der Waals surface area (Å²) in [5.74, 6) is 0. The Bertz CT molecular complexity index is 356. The lowest BCUT2D eigenvalue weighted by Crippen LogP contribution is -2.37. The van der Waals surface area contributed by atoms with Crippen LogP contribution in [-0.2, 0) is 6.54 Å². The van der Waals surface area contributed by atoms with E-state index in [2.05, 4.69) is 15.9 Å². The van der Waals surface area contributed by atoms with Crippen LogP contribution >= 0.6 is 22.9 Å². The minimum absolute atomic E-state index is 0.245. The molecule has 0 aliphatic carbocycles. The van der Waals surface area contributed by atoms with Gasteiger partial charge in [-0.2, -0.15) is 0 Å². The Morgan fingerprint density at radius 1 is 1.50 bits per heavy atom. The lowest BCUT2D eigenvalue weighted by atomic mass is 10.2.